The minimum absolute atomic E-state index is 0.0257. The second kappa shape index (κ2) is 5.27. The van der Waals surface area contributed by atoms with Crippen LogP contribution in [0, 0.1) is 34.5 Å². The van der Waals surface area contributed by atoms with Crippen LogP contribution >= 0.6 is 0 Å². The molecule has 0 aromatic heterocycles. The summed E-state index contributed by atoms with van der Waals surface area (Å²) in [6.45, 7) is 14.0. The number of aliphatic hydroxyl groups excluding tert-OH is 1. The third kappa shape index (κ3) is 2.16. The summed E-state index contributed by atoms with van der Waals surface area (Å²) >= 11 is 0. The molecule has 0 amide bonds. The Labute approximate surface area is 162 Å². The van der Waals surface area contributed by atoms with E-state index in [0.717, 1.165) is 6.42 Å². The van der Waals surface area contributed by atoms with Crippen LogP contribution < -0.4 is 0 Å². The van der Waals surface area contributed by atoms with E-state index >= 15 is 0 Å². The summed E-state index contributed by atoms with van der Waals surface area (Å²) in [6, 6.07) is 0. The SMILES string of the molecule is CC(C)C(=O)C1=C(O)C2=C(O[C@@]3(C)[C@@H](C2)C[C@H]2C[C@@H]3C2(C)C)C(C)(C)C1=O. The molecule has 5 rings (SSSR count). The van der Waals surface area contributed by atoms with Gasteiger partial charge in [-0.2, -0.15) is 0 Å². The molecule has 4 nitrogen and oxygen atoms in total. The van der Waals surface area contributed by atoms with Crippen LogP contribution in [0.5, 0.6) is 0 Å². The normalized spacial score (nSPS) is 38.8. The van der Waals surface area contributed by atoms with Gasteiger partial charge in [-0.3, -0.25) is 9.59 Å². The number of aliphatic hydroxyl groups is 1. The van der Waals surface area contributed by atoms with E-state index in [0.29, 0.717) is 35.5 Å². The predicted molar refractivity (Wildman–Crippen MR) is 103 cm³/mol. The van der Waals surface area contributed by atoms with Crippen molar-refractivity contribution in [2.45, 2.75) is 73.3 Å². The van der Waals surface area contributed by atoms with Gasteiger partial charge < -0.3 is 9.84 Å². The maximum atomic E-state index is 13.2. The molecule has 4 aliphatic carbocycles. The first kappa shape index (κ1) is 18.8. The van der Waals surface area contributed by atoms with Crippen molar-refractivity contribution in [3.8, 4) is 0 Å². The Morgan fingerprint density at radius 1 is 1.11 bits per heavy atom. The first-order valence-corrected chi connectivity index (χ1v) is 10.3. The molecule has 148 valence electrons. The fraction of sp³-hybridized carbons (Fsp3) is 0.739. The Bertz CT molecular complexity index is 810. The molecule has 1 N–H and O–H groups in total. The van der Waals surface area contributed by atoms with Gasteiger partial charge in [-0.15, -0.1) is 0 Å². The lowest BCUT2D eigenvalue weighted by Crippen LogP contribution is -2.66. The number of rotatable bonds is 2. The second-order valence-electron chi connectivity index (χ2n) is 10.7. The molecule has 0 aromatic carbocycles. The summed E-state index contributed by atoms with van der Waals surface area (Å²) in [6.07, 6.45) is 2.94. The minimum atomic E-state index is -0.930. The molecule has 27 heavy (non-hydrogen) atoms. The van der Waals surface area contributed by atoms with E-state index in [9.17, 15) is 14.7 Å². The molecule has 2 bridgehead atoms. The van der Waals surface area contributed by atoms with Crippen molar-refractivity contribution >= 4 is 11.6 Å². The standard InChI is InChI=1S/C23H32O4/c1-11(2)17(24)16-18(25)14-9-13-8-12-10-15(21(12,3)4)23(13,7)27-20(14)22(5,6)19(16)26/h11-13,15,25H,8-10H2,1-7H3/t12-,13+,15+,23-/m0/s1. The quantitative estimate of drug-likeness (QED) is 0.711. The molecule has 3 saturated carbocycles. The lowest BCUT2D eigenvalue weighted by Gasteiger charge is -2.68. The highest BCUT2D eigenvalue weighted by Crippen LogP contribution is 2.68. The lowest BCUT2D eigenvalue weighted by atomic mass is 9.41. The zero-order valence-electron chi connectivity index (χ0n) is 17.6. The van der Waals surface area contributed by atoms with Crippen LogP contribution in [-0.4, -0.2) is 22.3 Å². The Balaban J connectivity index is 1.84. The first-order chi connectivity index (χ1) is 12.3. The van der Waals surface area contributed by atoms with Crippen molar-refractivity contribution < 1.29 is 19.4 Å². The lowest BCUT2D eigenvalue weighted by molar-refractivity contribution is -0.244. The van der Waals surface area contributed by atoms with Crippen molar-refractivity contribution in [1.82, 2.24) is 0 Å². The Hall–Kier alpha value is -1.58. The minimum Gasteiger partial charge on any atom is -0.507 e. The summed E-state index contributed by atoms with van der Waals surface area (Å²) in [7, 11) is 0. The van der Waals surface area contributed by atoms with Gasteiger partial charge in [-0.25, -0.2) is 0 Å². The number of carbonyl (C=O) groups is 2. The zero-order valence-corrected chi connectivity index (χ0v) is 17.6. The summed E-state index contributed by atoms with van der Waals surface area (Å²) in [5, 5.41) is 10.9. The molecule has 0 spiro atoms. The molecule has 0 radical (unpaired) electrons. The average molecular weight is 373 g/mol. The first-order valence-electron chi connectivity index (χ1n) is 10.3. The Kier molecular flexibility index (Phi) is 3.66. The average Bonchev–Trinajstić information content (AvgIpc) is 2.57. The summed E-state index contributed by atoms with van der Waals surface area (Å²) in [4.78, 5) is 25.9. The molecule has 0 unspecified atom stereocenters. The molecular formula is C23H32O4. The van der Waals surface area contributed by atoms with Crippen LogP contribution in [0.2, 0.25) is 0 Å². The van der Waals surface area contributed by atoms with Crippen molar-refractivity contribution in [3.05, 3.63) is 22.7 Å². The highest BCUT2D eigenvalue weighted by Gasteiger charge is 2.67. The number of allylic oxidation sites excluding steroid dienone is 3. The highest BCUT2D eigenvalue weighted by molar-refractivity contribution is 6.24. The van der Waals surface area contributed by atoms with Crippen molar-refractivity contribution in [1.29, 1.82) is 0 Å². The summed E-state index contributed by atoms with van der Waals surface area (Å²) < 4.78 is 6.67. The van der Waals surface area contributed by atoms with Crippen LogP contribution in [0.3, 0.4) is 0 Å². The van der Waals surface area contributed by atoms with E-state index in [2.05, 4.69) is 20.8 Å². The molecule has 0 aromatic rings. The van der Waals surface area contributed by atoms with Crippen molar-refractivity contribution in [2.75, 3.05) is 0 Å². The van der Waals surface area contributed by atoms with Crippen LogP contribution in [0.15, 0.2) is 22.7 Å². The molecule has 1 heterocycles. The monoisotopic (exact) mass is 372 g/mol. The van der Waals surface area contributed by atoms with Gasteiger partial charge in [0.1, 0.15) is 22.7 Å². The smallest absolute Gasteiger partial charge is 0.183 e. The van der Waals surface area contributed by atoms with Gasteiger partial charge in [-0.1, -0.05) is 27.7 Å². The third-order valence-electron chi connectivity index (χ3n) is 8.24. The summed E-state index contributed by atoms with van der Waals surface area (Å²) in [5.41, 5.74) is -0.329. The molecule has 4 atom stereocenters. The third-order valence-corrected chi connectivity index (χ3v) is 8.24. The van der Waals surface area contributed by atoms with E-state index in [1.807, 2.05) is 13.8 Å². The predicted octanol–water partition coefficient (Wildman–Crippen LogP) is 4.75. The van der Waals surface area contributed by atoms with Gasteiger partial charge in [0.2, 0.25) is 0 Å². The van der Waals surface area contributed by atoms with Gasteiger partial charge >= 0.3 is 0 Å². The van der Waals surface area contributed by atoms with E-state index in [1.54, 1.807) is 13.8 Å². The number of Topliss-reactive ketones (excluding diaryl/α,β-unsaturated/α-hetero) is 2. The van der Waals surface area contributed by atoms with E-state index in [-0.39, 0.29) is 39.8 Å². The second-order valence-corrected chi connectivity index (χ2v) is 10.7. The van der Waals surface area contributed by atoms with Gasteiger partial charge in [0.15, 0.2) is 11.6 Å². The number of ether oxygens (including phenoxy) is 1. The number of hydrogen-bond donors (Lipinski definition) is 1. The van der Waals surface area contributed by atoms with E-state index in [4.69, 9.17) is 4.74 Å². The van der Waals surface area contributed by atoms with Crippen molar-refractivity contribution in [3.63, 3.8) is 0 Å². The van der Waals surface area contributed by atoms with Crippen molar-refractivity contribution in [2.24, 2.45) is 34.5 Å². The highest BCUT2D eigenvalue weighted by atomic mass is 16.5. The number of carbonyl (C=O) groups excluding carboxylic acids is 2. The largest absolute Gasteiger partial charge is 0.507 e. The fourth-order valence-electron chi connectivity index (χ4n) is 6.21. The zero-order chi connectivity index (χ0) is 20.1. The Morgan fingerprint density at radius 3 is 2.30 bits per heavy atom. The fourth-order valence-corrected chi connectivity index (χ4v) is 6.21. The molecule has 1 aliphatic heterocycles. The van der Waals surface area contributed by atoms with Gasteiger partial charge in [0.05, 0.1) is 5.41 Å². The number of hydrogen-bond acceptors (Lipinski definition) is 4. The van der Waals surface area contributed by atoms with E-state index < -0.39 is 5.41 Å². The molecule has 3 fully saturated rings. The molecular weight excluding hydrogens is 340 g/mol. The maximum absolute atomic E-state index is 13.2. The topological polar surface area (TPSA) is 63.6 Å². The molecule has 4 heteroatoms. The molecule has 5 aliphatic rings. The van der Waals surface area contributed by atoms with E-state index in [1.165, 1.54) is 6.42 Å². The molecule has 0 saturated heterocycles. The van der Waals surface area contributed by atoms with Crippen LogP contribution in [0.25, 0.3) is 0 Å². The maximum Gasteiger partial charge on any atom is 0.183 e. The van der Waals surface area contributed by atoms with Crippen LogP contribution in [-0.2, 0) is 14.3 Å². The number of ketones is 2. The van der Waals surface area contributed by atoms with Gasteiger partial charge in [-0.05, 0) is 51.4 Å². The summed E-state index contributed by atoms with van der Waals surface area (Å²) in [5.74, 6) is 0.987. The van der Waals surface area contributed by atoms with Gasteiger partial charge in [0, 0.05) is 23.3 Å². The van der Waals surface area contributed by atoms with Crippen LogP contribution in [0.4, 0.5) is 0 Å². The van der Waals surface area contributed by atoms with Crippen LogP contribution in [0.1, 0.15) is 67.7 Å². The Morgan fingerprint density at radius 2 is 1.74 bits per heavy atom. The van der Waals surface area contributed by atoms with Gasteiger partial charge in [0.25, 0.3) is 0 Å².